The molecule has 27 heavy (non-hydrogen) atoms. The van der Waals surface area contributed by atoms with E-state index in [2.05, 4.69) is 65.0 Å². The summed E-state index contributed by atoms with van der Waals surface area (Å²) >= 11 is 0. The van der Waals surface area contributed by atoms with Gasteiger partial charge in [0.1, 0.15) is 0 Å². The minimum Gasteiger partial charge on any atom is -0.294 e. The van der Waals surface area contributed by atoms with Crippen molar-refractivity contribution >= 4 is 11.4 Å². The third kappa shape index (κ3) is 5.79. The third-order valence-corrected chi connectivity index (χ3v) is 5.02. The van der Waals surface area contributed by atoms with Gasteiger partial charge in [0.25, 0.3) is 0 Å². The Morgan fingerprint density at radius 1 is 1.00 bits per heavy atom. The van der Waals surface area contributed by atoms with E-state index in [0.29, 0.717) is 18.3 Å². The third-order valence-electron chi connectivity index (χ3n) is 5.02. The predicted octanol–water partition coefficient (Wildman–Crippen LogP) is 7.38. The molecule has 2 aromatic rings. The lowest BCUT2D eigenvalue weighted by atomic mass is 9.87. The minimum atomic E-state index is 0.156. The fourth-order valence-corrected chi connectivity index (χ4v) is 3.39. The van der Waals surface area contributed by atoms with Crippen LogP contribution in [0.5, 0.6) is 0 Å². The van der Waals surface area contributed by atoms with Crippen molar-refractivity contribution in [3.8, 4) is 0 Å². The standard InChI is InChI=1S/C26H32O/c1-6-20(4)18-23(24-16-10-12-21(5)26(24)19(2)3)15-11-17-25(27)22-13-8-7-9-14-22/h7-16,18-20H,6,17H2,1-5H3/b15-11-,23-18+/t20-/m0/s1. The van der Waals surface area contributed by atoms with Crippen molar-refractivity contribution in [2.24, 2.45) is 5.92 Å². The fraction of sp³-hybridized carbons (Fsp3) is 0.346. The van der Waals surface area contributed by atoms with Gasteiger partial charge in [0, 0.05) is 12.0 Å². The Morgan fingerprint density at radius 3 is 2.33 bits per heavy atom. The van der Waals surface area contributed by atoms with E-state index in [4.69, 9.17) is 0 Å². The van der Waals surface area contributed by atoms with Gasteiger partial charge >= 0.3 is 0 Å². The van der Waals surface area contributed by atoms with Crippen molar-refractivity contribution in [1.29, 1.82) is 0 Å². The maximum Gasteiger partial charge on any atom is 0.166 e. The molecule has 0 N–H and O–H groups in total. The zero-order valence-corrected chi connectivity index (χ0v) is 17.3. The van der Waals surface area contributed by atoms with Crippen LogP contribution in [-0.2, 0) is 0 Å². The zero-order valence-electron chi connectivity index (χ0n) is 17.3. The monoisotopic (exact) mass is 360 g/mol. The molecule has 0 aliphatic heterocycles. The summed E-state index contributed by atoms with van der Waals surface area (Å²) in [5.41, 5.74) is 6.00. The smallest absolute Gasteiger partial charge is 0.166 e. The van der Waals surface area contributed by atoms with Crippen molar-refractivity contribution in [1.82, 2.24) is 0 Å². The Hall–Kier alpha value is -2.41. The van der Waals surface area contributed by atoms with Crippen LogP contribution in [0.1, 0.15) is 73.5 Å². The van der Waals surface area contributed by atoms with Gasteiger partial charge in [0.2, 0.25) is 0 Å². The van der Waals surface area contributed by atoms with E-state index >= 15 is 0 Å². The number of aryl methyl sites for hydroxylation is 1. The quantitative estimate of drug-likeness (QED) is 0.354. The van der Waals surface area contributed by atoms with Crippen LogP contribution in [-0.4, -0.2) is 5.78 Å². The Bertz CT molecular complexity index is 809. The molecule has 2 aromatic carbocycles. The molecule has 0 radical (unpaired) electrons. The number of rotatable bonds is 8. The SMILES string of the molecule is CC[C@H](C)/C=C(\C=C/CC(=O)c1ccccc1)c1cccc(C)c1C(C)C. The lowest BCUT2D eigenvalue weighted by molar-refractivity contribution is 0.0996. The van der Waals surface area contributed by atoms with E-state index in [0.717, 1.165) is 12.0 Å². The van der Waals surface area contributed by atoms with Gasteiger partial charge in [0.05, 0.1) is 0 Å². The van der Waals surface area contributed by atoms with Gasteiger partial charge in [0.15, 0.2) is 5.78 Å². The summed E-state index contributed by atoms with van der Waals surface area (Å²) in [6.07, 6.45) is 8.00. The number of carbonyl (C=O) groups excluding carboxylic acids is 1. The van der Waals surface area contributed by atoms with Gasteiger partial charge in [-0.25, -0.2) is 0 Å². The first kappa shape index (κ1) is 20.9. The van der Waals surface area contributed by atoms with E-state index < -0.39 is 0 Å². The van der Waals surface area contributed by atoms with E-state index in [-0.39, 0.29) is 5.78 Å². The van der Waals surface area contributed by atoms with Crippen LogP contribution in [0.4, 0.5) is 0 Å². The number of benzene rings is 2. The predicted molar refractivity (Wildman–Crippen MR) is 117 cm³/mol. The number of hydrogen-bond donors (Lipinski definition) is 0. The number of Topliss-reactive ketones (excluding diaryl/α,β-unsaturated/α-hetero) is 1. The van der Waals surface area contributed by atoms with Crippen LogP contribution >= 0.6 is 0 Å². The van der Waals surface area contributed by atoms with E-state index in [1.54, 1.807) is 0 Å². The number of carbonyl (C=O) groups is 1. The van der Waals surface area contributed by atoms with Gasteiger partial charge in [-0.15, -0.1) is 0 Å². The van der Waals surface area contributed by atoms with Crippen LogP contribution in [0.15, 0.2) is 66.8 Å². The van der Waals surface area contributed by atoms with Crippen molar-refractivity contribution < 1.29 is 4.79 Å². The molecule has 0 saturated heterocycles. The van der Waals surface area contributed by atoms with Crippen molar-refractivity contribution in [2.75, 3.05) is 0 Å². The first-order chi connectivity index (χ1) is 12.9. The molecule has 0 saturated carbocycles. The van der Waals surface area contributed by atoms with Gasteiger partial charge < -0.3 is 0 Å². The van der Waals surface area contributed by atoms with E-state index in [9.17, 15) is 4.79 Å². The second-order valence-electron chi connectivity index (χ2n) is 7.59. The summed E-state index contributed by atoms with van der Waals surface area (Å²) in [5, 5.41) is 0. The molecule has 0 aliphatic carbocycles. The molecule has 1 nitrogen and oxygen atoms in total. The Labute approximate surface area is 164 Å². The summed E-state index contributed by atoms with van der Waals surface area (Å²) in [6.45, 7) is 11.1. The molecule has 0 heterocycles. The highest BCUT2D eigenvalue weighted by Crippen LogP contribution is 2.30. The topological polar surface area (TPSA) is 17.1 Å². The largest absolute Gasteiger partial charge is 0.294 e. The molecule has 1 atom stereocenters. The maximum atomic E-state index is 12.4. The maximum absolute atomic E-state index is 12.4. The van der Waals surface area contributed by atoms with Crippen molar-refractivity contribution in [3.63, 3.8) is 0 Å². The summed E-state index contributed by atoms with van der Waals surface area (Å²) < 4.78 is 0. The molecule has 142 valence electrons. The van der Waals surface area contributed by atoms with Gasteiger partial charge in [-0.2, -0.15) is 0 Å². The zero-order chi connectivity index (χ0) is 19.8. The normalized spacial score (nSPS) is 13.3. The molecule has 0 bridgehead atoms. The average Bonchev–Trinajstić information content (AvgIpc) is 2.67. The Morgan fingerprint density at radius 2 is 1.70 bits per heavy atom. The second kappa shape index (κ2) is 10.1. The van der Waals surface area contributed by atoms with E-state index in [1.807, 2.05) is 36.4 Å². The lowest BCUT2D eigenvalue weighted by Gasteiger charge is -2.18. The summed E-state index contributed by atoms with van der Waals surface area (Å²) in [4.78, 5) is 12.4. The van der Waals surface area contributed by atoms with Crippen LogP contribution in [0, 0.1) is 12.8 Å². The van der Waals surface area contributed by atoms with E-state index in [1.165, 1.54) is 22.3 Å². The summed E-state index contributed by atoms with van der Waals surface area (Å²) in [5.74, 6) is 1.11. The van der Waals surface area contributed by atoms with Gasteiger partial charge in [-0.05, 0) is 41.0 Å². The molecule has 2 rings (SSSR count). The summed E-state index contributed by atoms with van der Waals surface area (Å²) in [6, 6.07) is 16.0. The first-order valence-corrected chi connectivity index (χ1v) is 10.0. The molecule has 0 aromatic heterocycles. The molecule has 0 aliphatic rings. The van der Waals surface area contributed by atoms with Crippen LogP contribution in [0.2, 0.25) is 0 Å². The number of hydrogen-bond acceptors (Lipinski definition) is 1. The average molecular weight is 361 g/mol. The van der Waals surface area contributed by atoms with Crippen LogP contribution in [0.25, 0.3) is 5.57 Å². The molecule has 1 heteroatoms. The van der Waals surface area contributed by atoms with Gasteiger partial charge in [-0.1, -0.05) is 101 Å². The molecule has 0 unspecified atom stereocenters. The summed E-state index contributed by atoms with van der Waals surface area (Å²) in [7, 11) is 0. The second-order valence-corrected chi connectivity index (χ2v) is 7.59. The number of ketones is 1. The highest BCUT2D eigenvalue weighted by atomic mass is 16.1. The van der Waals surface area contributed by atoms with Crippen LogP contribution < -0.4 is 0 Å². The van der Waals surface area contributed by atoms with Crippen molar-refractivity contribution in [2.45, 2.75) is 53.4 Å². The Kier molecular flexibility index (Phi) is 7.79. The van der Waals surface area contributed by atoms with Gasteiger partial charge in [-0.3, -0.25) is 4.79 Å². The lowest BCUT2D eigenvalue weighted by Crippen LogP contribution is -2.00. The highest BCUT2D eigenvalue weighted by Gasteiger charge is 2.12. The minimum absolute atomic E-state index is 0.156. The van der Waals surface area contributed by atoms with Crippen molar-refractivity contribution in [3.05, 3.63) is 89.0 Å². The molecular formula is C26H32O. The Balaban J connectivity index is 2.33. The highest BCUT2D eigenvalue weighted by molar-refractivity contribution is 5.97. The molecule has 0 spiro atoms. The first-order valence-electron chi connectivity index (χ1n) is 10.0. The fourth-order valence-electron chi connectivity index (χ4n) is 3.39. The molecule has 0 fully saturated rings. The molecule has 0 amide bonds. The van der Waals surface area contributed by atoms with Crippen LogP contribution in [0.3, 0.4) is 0 Å². The molecular weight excluding hydrogens is 328 g/mol. The number of allylic oxidation sites excluding steroid dienone is 4.